The summed E-state index contributed by atoms with van der Waals surface area (Å²) in [5, 5.41) is 13.0. The predicted molar refractivity (Wildman–Crippen MR) is 69.6 cm³/mol. The molecule has 92 valence electrons. The van der Waals surface area contributed by atoms with Crippen LogP contribution >= 0.6 is 23.1 Å². The van der Waals surface area contributed by atoms with Crippen molar-refractivity contribution in [3.8, 4) is 0 Å². The first-order valence-electron chi connectivity index (χ1n) is 5.13. The summed E-state index contributed by atoms with van der Waals surface area (Å²) < 4.78 is 6.52. The molecular weight excluding hydrogens is 256 g/mol. The first kappa shape index (κ1) is 12.4. The van der Waals surface area contributed by atoms with E-state index in [4.69, 9.17) is 10.6 Å². The third kappa shape index (κ3) is 3.21. The summed E-state index contributed by atoms with van der Waals surface area (Å²) in [5.74, 6) is 7.52. The van der Waals surface area contributed by atoms with E-state index < -0.39 is 0 Å². The van der Waals surface area contributed by atoms with Crippen molar-refractivity contribution < 1.29 is 4.74 Å². The summed E-state index contributed by atoms with van der Waals surface area (Å²) in [7, 11) is 1.66. The van der Waals surface area contributed by atoms with Gasteiger partial charge in [-0.2, -0.15) is 11.3 Å². The second kappa shape index (κ2) is 6.04. The van der Waals surface area contributed by atoms with Gasteiger partial charge in [-0.3, -0.25) is 0 Å². The zero-order chi connectivity index (χ0) is 12.1. The van der Waals surface area contributed by atoms with E-state index in [1.165, 1.54) is 10.2 Å². The Bertz CT molecular complexity index is 455. The molecular formula is C10H14N4OS2. The summed E-state index contributed by atoms with van der Waals surface area (Å²) in [6.45, 7) is 0.602. The number of thioether (sulfide) groups is 1. The molecule has 0 unspecified atom stereocenters. The summed E-state index contributed by atoms with van der Waals surface area (Å²) in [6.07, 6.45) is 0.680. The van der Waals surface area contributed by atoms with Crippen molar-refractivity contribution in [3.63, 3.8) is 0 Å². The first-order chi connectivity index (χ1) is 8.31. The molecule has 2 heterocycles. The highest BCUT2D eigenvalue weighted by Crippen LogP contribution is 2.21. The molecule has 0 spiro atoms. The van der Waals surface area contributed by atoms with E-state index in [9.17, 15) is 0 Å². The molecule has 2 aromatic rings. The maximum atomic E-state index is 5.90. The van der Waals surface area contributed by atoms with Crippen LogP contribution in [0.1, 0.15) is 11.4 Å². The fourth-order valence-electron chi connectivity index (χ4n) is 1.29. The first-order valence-corrected chi connectivity index (χ1v) is 7.06. The largest absolute Gasteiger partial charge is 0.384 e. The van der Waals surface area contributed by atoms with Crippen molar-refractivity contribution in [2.45, 2.75) is 17.3 Å². The Kier molecular flexibility index (Phi) is 4.41. The number of aromatic nitrogens is 3. The molecule has 7 heteroatoms. The SMILES string of the molecule is COCCc1nnc(SCc2ccsc2)n1N. The van der Waals surface area contributed by atoms with Crippen LogP contribution in [0, 0.1) is 0 Å². The molecule has 0 atom stereocenters. The minimum Gasteiger partial charge on any atom is -0.384 e. The lowest BCUT2D eigenvalue weighted by Crippen LogP contribution is -2.15. The average Bonchev–Trinajstić information content (AvgIpc) is 2.95. The molecule has 5 nitrogen and oxygen atoms in total. The Labute approximate surface area is 108 Å². The van der Waals surface area contributed by atoms with Gasteiger partial charge >= 0.3 is 0 Å². The standard InChI is InChI=1S/C10H14N4OS2/c1-15-4-2-9-12-13-10(14(9)11)17-7-8-3-5-16-6-8/h3,5-6H,2,4,7,11H2,1H3. The normalized spacial score (nSPS) is 10.9. The fourth-order valence-corrected chi connectivity index (χ4v) is 2.88. The number of hydrogen-bond donors (Lipinski definition) is 1. The van der Waals surface area contributed by atoms with Crippen LogP contribution in [0.2, 0.25) is 0 Å². The topological polar surface area (TPSA) is 66.0 Å². The van der Waals surface area contributed by atoms with E-state index in [1.54, 1.807) is 30.2 Å². The highest BCUT2D eigenvalue weighted by molar-refractivity contribution is 7.98. The van der Waals surface area contributed by atoms with E-state index in [1.807, 2.05) is 0 Å². The minimum absolute atomic E-state index is 0.602. The average molecular weight is 270 g/mol. The number of nitrogens with zero attached hydrogens (tertiary/aromatic N) is 3. The molecule has 0 aliphatic carbocycles. The molecule has 0 saturated heterocycles. The summed E-state index contributed by atoms with van der Waals surface area (Å²) in [4.78, 5) is 0. The number of rotatable bonds is 6. The Hall–Kier alpha value is -1.05. The molecule has 0 bridgehead atoms. The van der Waals surface area contributed by atoms with Gasteiger partial charge in [0.05, 0.1) is 6.61 Å². The number of methoxy groups -OCH3 is 1. The molecule has 2 aromatic heterocycles. The predicted octanol–water partition coefficient (Wildman–Crippen LogP) is 1.53. The monoisotopic (exact) mass is 270 g/mol. The number of nitrogens with two attached hydrogens (primary N) is 1. The lowest BCUT2D eigenvalue weighted by molar-refractivity contribution is 0.200. The summed E-state index contributed by atoms with van der Waals surface area (Å²) >= 11 is 3.28. The van der Waals surface area contributed by atoms with Crippen molar-refractivity contribution in [2.24, 2.45) is 0 Å². The number of ether oxygens (including phenoxy) is 1. The van der Waals surface area contributed by atoms with Crippen LogP contribution in [-0.4, -0.2) is 28.6 Å². The van der Waals surface area contributed by atoms with Crippen molar-refractivity contribution in [1.82, 2.24) is 14.9 Å². The van der Waals surface area contributed by atoms with Gasteiger partial charge in [-0.05, 0) is 22.4 Å². The Morgan fingerprint density at radius 3 is 3.12 bits per heavy atom. The summed E-state index contributed by atoms with van der Waals surface area (Å²) in [5.41, 5.74) is 1.28. The zero-order valence-corrected chi connectivity index (χ0v) is 11.1. The van der Waals surface area contributed by atoms with Gasteiger partial charge in [0.1, 0.15) is 0 Å². The van der Waals surface area contributed by atoms with E-state index in [0.717, 1.165) is 16.7 Å². The Balaban J connectivity index is 1.94. The number of hydrogen-bond acceptors (Lipinski definition) is 6. The fraction of sp³-hybridized carbons (Fsp3) is 0.400. The van der Waals surface area contributed by atoms with E-state index in [2.05, 4.69) is 27.0 Å². The molecule has 0 saturated carbocycles. The van der Waals surface area contributed by atoms with Gasteiger partial charge in [0.2, 0.25) is 5.16 Å². The maximum Gasteiger partial charge on any atom is 0.210 e. The lowest BCUT2D eigenvalue weighted by atomic mass is 10.4. The molecule has 0 fully saturated rings. The van der Waals surface area contributed by atoms with Crippen LogP contribution < -0.4 is 5.84 Å². The van der Waals surface area contributed by atoms with Gasteiger partial charge in [0.25, 0.3) is 0 Å². The molecule has 0 amide bonds. The van der Waals surface area contributed by atoms with Crippen LogP contribution in [-0.2, 0) is 16.9 Å². The zero-order valence-electron chi connectivity index (χ0n) is 9.50. The smallest absolute Gasteiger partial charge is 0.210 e. The van der Waals surface area contributed by atoms with Crippen molar-refractivity contribution in [1.29, 1.82) is 0 Å². The van der Waals surface area contributed by atoms with Gasteiger partial charge in [0.15, 0.2) is 5.82 Å². The molecule has 0 radical (unpaired) electrons. The minimum atomic E-state index is 0.602. The van der Waals surface area contributed by atoms with Crippen molar-refractivity contribution in [2.75, 3.05) is 19.6 Å². The molecule has 2 rings (SSSR count). The second-order valence-electron chi connectivity index (χ2n) is 3.43. The van der Waals surface area contributed by atoms with Crippen molar-refractivity contribution >= 4 is 23.1 Å². The van der Waals surface area contributed by atoms with Crippen LogP contribution in [0.25, 0.3) is 0 Å². The van der Waals surface area contributed by atoms with Gasteiger partial charge in [-0.15, -0.1) is 10.2 Å². The maximum absolute atomic E-state index is 5.90. The number of thiophene rings is 1. The van der Waals surface area contributed by atoms with Gasteiger partial charge in [-0.25, -0.2) is 4.68 Å². The highest BCUT2D eigenvalue weighted by atomic mass is 32.2. The molecule has 2 N–H and O–H groups in total. The Morgan fingerprint density at radius 1 is 1.53 bits per heavy atom. The molecule has 0 aromatic carbocycles. The molecule has 17 heavy (non-hydrogen) atoms. The van der Waals surface area contributed by atoms with E-state index in [0.29, 0.717) is 13.0 Å². The van der Waals surface area contributed by atoms with Crippen molar-refractivity contribution in [3.05, 3.63) is 28.2 Å². The third-order valence-electron chi connectivity index (χ3n) is 2.21. The van der Waals surface area contributed by atoms with Gasteiger partial charge < -0.3 is 10.6 Å². The van der Waals surface area contributed by atoms with E-state index in [-0.39, 0.29) is 0 Å². The summed E-state index contributed by atoms with van der Waals surface area (Å²) in [6, 6.07) is 2.10. The Morgan fingerprint density at radius 2 is 2.41 bits per heavy atom. The van der Waals surface area contributed by atoms with Gasteiger partial charge in [0, 0.05) is 19.3 Å². The van der Waals surface area contributed by atoms with Crippen LogP contribution in [0.5, 0.6) is 0 Å². The lowest BCUT2D eigenvalue weighted by Gasteiger charge is -2.02. The van der Waals surface area contributed by atoms with Gasteiger partial charge in [-0.1, -0.05) is 11.8 Å². The quantitative estimate of drug-likeness (QED) is 0.637. The van der Waals surface area contributed by atoms with Crippen LogP contribution in [0.4, 0.5) is 0 Å². The van der Waals surface area contributed by atoms with E-state index >= 15 is 0 Å². The molecule has 0 aliphatic rings. The second-order valence-corrected chi connectivity index (χ2v) is 5.15. The number of nitrogen functional groups attached to an aromatic ring is 1. The van der Waals surface area contributed by atoms with Crippen LogP contribution in [0.15, 0.2) is 22.0 Å². The highest BCUT2D eigenvalue weighted by Gasteiger charge is 2.09. The molecule has 0 aliphatic heterocycles. The van der Waals surface area contributed by atoms with Crippen LogP contribution in [0.3, 0.4) is 0 Å². The third-order valence-corrected chi connectivity index (χ3v) is 3.96.